The third-order valence-corrected chi connectivity index (χ3v) is 5.16. The zero-order valence-electron chi connectivity index (χ0n) is 14.0. The van der Waals surface area contributed by atoms with E-state index in [-0.39, 0.29) is 4.90 Å². The molecule has 0 aliphatic heterocycles. The van der Waals surface area contributed by atoms with Crippen LogP contribution in [0.2, 0.25) is 0 Å². The van der Waals surface area contributed by atoms with E-state index < -0.39 is 15.9 Å². The summed E-state index contributed by atoms with van der Waals surface area (Å²) in [6, 6.07) is 16.6. The molecule has 130 valence electrons. The zero-order chi connectivity index (χ0) is 18.7. The van der Waals surface area contributed by atoms with Crippen LogP contribution in [-0.4, -0.2) is 18.9 Å². The van der Waals surface area contributed by atoms with Crippen molar-refractivity contribution < 1.29 is 13.2 Å². The molecule has 2 aromatic rings. The highest BCUT2D eigenvalue weighted by atomic mass is 32.2. The van der Waals surface area contributed by atoms with Crippen molar-refractivity contribution in [3.05, 3.63) is 72.6 Å². The fourth-order valence-electron chi connectivity index (χ4n) is 2.53. The number of hydrogen-bond donors (Lipinski definition) is 1. The molecule has 1 N–H and O–H groups in total. The van der Waals surface area contributed by atoms with Crippen molar-refractivity contribution in [2.24, 2.45) is 0 Å². The fourth-order valence-corrected chi connectivity index (χ4v) is 3.74. The minimum Gasteiger partial charge on any atom is -0.322 e. The van der Waals surface area contributed by atoms with Gasteiger partial charge in [-0.25, -0.2) is 13.1 Å². The maximum atomic E-state index is 12.2. The van der Waals surface area contributed by atoms with Crippen molar-refractivity contribution in [2.45, 2.75) is 11.8 Å². The van der Waals surface area contributed by atoms with Gasteiger partial charge in [-0.15, -0.1) is 6.42 Å². The van der Waals surface area contributed by atoms with Crippen LogP contribution in [0.1, 0.15) is 12.5 Å². The lowest BCUT2D eigenvalue weighted by molar-refractivity contribution is -0.117. The smallest absolute Gasteiger partial charge is 0.266 e. The van der Waals surface area contributed by atoms with Gasteiger partial charge in [0.2, 0.25) is 5.91 Å². The Balaban J connectivity index is 0.000000269. The Labute approximate surface area is 152 Å². The molecule has 0 unspecified atom stereocenters. The summed E-state index contributed by atoms with van der Waals surface area (Å²) in [5.74, 6) is 1.79. The standard InChI is InChI=1S/C14H12N2O3S.C6H4/c1-3-12-7-6-8-13(20(18,19)15-11(2)17)14(12)16-9-4-5-10-16;1-2-5-4-6(5)3-1/h1,4-10H,2H3,(H,15,17);1-4H. The normalized spacial score (nSPS) is 10.9. The number of fused-ring (bicyclic) bond motifs is 1. The second-order valence-corrected chi connectivity index (χ2v) is 7.28. The van der Waals surface area contributed by atoms with Crippen LogP contribution >= 0.6 is 0 Å². The highest BCUT2D eigenvalue weighted by molar-refractivity contribution is 7.90. The summed E-state index contributed by atoms with van der Waals surface area (Å²) in [5.41, 5.74) is 3.62. The van der Waals surface area contributed by atoms with Crippen molar-refractivity contribution in [3.63, 3.8) is 0 Å². The zero-order valence-corrected chi connectivity index (χ0v) is 14.8. The SMILES string of the molecule is C#Cc1cccc(S(=O)(=O)NC(C)=O)c1-n1cccc1.c1cc2cc-2c1. The van der Waals surface area contributed by atoms with Gasteiger partial charge in [0.05, 0.1) is 5.69 Å². The molecule has 5 nitrogen and oxygen atoms in total. The van der Waals surface area contributed by atoms with Gasteiger partial charge < -0.3 is 4.57 Å². The summed E-state index contributed by atoms with van der Waals surface area (Å²) < 4.78 is 28.0. The summed E-state index contributed by atoms with van der Waals surface area (Å²) >= 11 is 0. The van der Waals surface area contributed by atoms with Crippen LogP contribution in [0.3, 0.4) is 0 Å². The van der Waals surface area contributed by atoms with Crippen molar-refractivity contribution in [3.8, 4) is 29.2 Å². The molecular weight excluding hydrogens is 348 g/mol. The number of sulfonamides is 1. The first-order chi connectivity index (χ1) is 12.4. The molecule has 0 fully saturated rings. The Morgan fingerprint density at radius 2 is 1.65 bits per heavy atom. The van der Waals surface area contributed by atoms with E-state index in [1.807, 2.05) is 4.72 Å². The van der Waals surface area contributed by atoms with Gasteiger partial charge in [0, 0.05) is 24.9 Å². The number of benzene rings is 2. The molecule has 0 spiro atoms. The highest BCUT2D eigenvalue weighted by Gasteiger charge is 2.22. The third kappa shape index (κ3) is 3.68. The van der Waals surface area contributed by atoms with Crippen molar-refractivity contribution >= 4 is 15.9 Å². The van der Waals surface area contributed by atoms with Crippen LogP contribution in [0.15, 0.2) is 71.9 Å². The van der Waals surface area contributed by atoms with E-state index in [1.54, 1.807) is 35.2 Å². The maximum Gasteiger partial charge on any atom is 0.266 e. The Bertz CT molecular complexity index is 1090. The largest absolute Gasteiger partial charge is 0.322 e. The molecule has 1 heterocycles. The van der Waals surface area contributed by atoms with Gasteiger partial charge in [0.25, 0.3) is 10.0 Å². The molecular formula is C20H16N2O3S. The lowest BCUT2D eigenvalue weighted by atomic mass is 10.2. The predicted molar refractivity (Wildman–Crippen MR) is 100 cm³/mol. The summed E-state index contributed by atoms with van der Waals surface area (Å²) in [6.45, 7) is 1.14. The molecule has 0 bridgehead atoms. The lowest BCUT2D eigenvalue weighted by Crippen LogP contribution is -2.29. The average Bonchev–Trinajstić information content (AvgIpc) is 3.02. The number of rotatable bonds is 3. The van der Waals surface area contributed by atoms with Gasteiger partial charge in [-0.2, -0.15) is 0 Å². The third-order valence-electron chi connectivity index (χ3n) is 3.70. The molecule has 2 aliphatic rings. The van der Waals surface area contributed by atoms with Gasteiger partial charge in [0.15, 0.2) is 0 Å². The van der Waals surface area contributed by atoms with Gasteiger partial charge >= 0.3 is 0 Å². The first kappa shape index (κ1) is 17.5. The average molecular weight is 364 g/mol. The lowest BCUT2D eigenvalue weighted by Gasteiger charge is -2.13. The van der Waals surface area contributed by atoms with Crippen molar-refractivity contribution in [2.75, 3.05) is 0 Å². The number of carbonyl (C=O) groups excluding carboxylic acids is 1. The van der Waals surface area contributed by atoms with Crippen LogP contribution in [-0.2, 0) is 14.8 Å². The predicted octanol–water partition coefficient (Wildman–Crippen LogP) is 2.95. The number of carbonyl (C=O) groups is 1. The van der Waals surface area contributed by atoms with Crippen molar-refractivity contribution in [1.29, 1.82) is 0 Å². The van der Waals surface area contributed by atoms with Gasteiger partial charge in [-0.05, 0) is 41.5 Å². The van der Waals surface area contributed by atoms with Crippen LogP contribution < -0.4 is 4.72 Å². The summed E-state index contributed by atoms with van der Waals surface area (Å²) in [7, 11) is -3.96. The number of amides is 1. The van der Waals surface area contributed by atoms with E-state index in [4.69, 9.17) is 6.42 Å². The molecule has 0 saturated carbocycles. The fraction of sp³-hybridized carbons (Fsp3) is 0.0500. The van der Waals surface area contributed by atoms with Crippen LogP contribution in [0.25, 0.3) is 16.8 Å². The van der Waals surface area contributed by atoms with Crippen LogP contribution in [0.5, 0.6) is 0 Å². The van der Waals surface area contributed by atoms with E-state index in [1.165, 1.54) is 23.3 Å². The van der Waals surface area contributed by atoms with Gasteiger partial charge in [-0.3, -0.25) is 4.79 Å². The number of para-hydroxylation sites is 1. The number of hydrogen-bond acceptors (Lipinski definition) is 3. The quantitative estimate of drug-likeness (QED) is 0.568. The highest BCUT2D eigenvalue weighted by Crippen LogP contribution is 2.32. The minimum atomic E-state index is -3.96. The minimum absolute atomic E-state index is 0.0423. The van der Waals surface area contributed by atoms with Crippen LogP contribution in [0, 0.1) is 12.3 Å². The first-order valence-corrected chi connectivity index (χ1v) is 9.27. The van der Waals surface area contributed by atoms with Crippen LogP contribution in [0.4, 0.5) is 0 Å². The summed E-state index contributed by atoms with van der Waals surface area (Å²) in [4.78, 5) is 11.0. The molecule has 0 atom stereocenters. The second-order valence-electron chi connectivity index (χ2n) is 5.63. The Kier molecular flexibility index (Phi) is 4.65. The van der Waals surface area contributed by atoms with E-state index >= 15 is 0 Å². The molecule has 6 heteroatoms. The van der Waals surface area contributed by atoms with Gasteiger partial charge in [0.1, 0.15) is 4.90 Å². The van der Waals surface area contributed by atoms with E-state index in [9.17, 15) is 13.2 Å². The van der Waals surface area contributed by atoms with E-state index in [2.05, 4.69) is 30.2 Å². The van der Waals surface area contributed by atoms with Crippen molar-refractivity contribution in [1.82, 2.24) is 9.29 Å². The molecule has 1 aromatic heterocycles. The number of nitrogens with zero attached hydrogens (tertiary/aromatic N) is 1. The molecule has 1 amide bonds. The Hall–Kier alpha value is -3.30. The molecule has 1 aromatic carbocycles. The van der Waals surface area contributed by atoms with E-state index in [0.29, 0.717) is 11.3 Å². The molecule has 4 rings (SSSR count). The summed E-state index contributed by atoms with van der Waals surface area (Å²) in [6.07, 6.45) is 8.79. The Morgan fingerprint density at radius 1 is 1.04 bits per heavy atom. The Morgan fingerprint density at radius 3 is 2.12 bits per heavy atom. The van der Waals surface area contributed by atoms with E-state index in [0.717, 1.165) is 6.92 Å². The molecule has 26 heavy (non-hydrogen) atoms. The second kappa shape index (κ2) is 6.90. The molecule has 2 aliphatic carbocycles. The molecule has 0 radical (unpaired) electrons. The maximum absolute atomic E-state index is 12.2. The number of nitrogens with one attached hydrogen (secondary N) is 1. The first-order valence-electron chi connectivity index (χ1n) is 7.79. The number of terminal acetylenes is 1. The topological polar surface area (TPSA) is 68.2 Å². The number of aromatic nitrogens is 1. The summed E-state index contributed by atoms with van der Waals surface area (Å²) in [5, 5.41) is 0. The van der Waals surface area contributed by atoms with Gasteiger partial charge in [-0.1, -0.05) is 30.2 Å². The molecule has 0 saturated heterocycles. The monoisotopic (exact) mass is 364 g/mol.